The lowest BCUT2D eigenvalue weighted by atomic mass is 10.2. The van der Waals surface area contributed by atoms with Gasteiger partial charge in [0, 0.05) is 13.0 Å². The number of carbonyl (C=O) groups excluding carboxylic acids is 2. The summed E-state index contributed by atoms with van der Waals surface area (Å²) in [4.78, 5) is 28.6. The molecule has 0 saturated carbocycles. The van der Waals surface area contributed by atoms with Crippen LogP contribution in [0.15, 0.2) is 69.9 Å². The molecule has 0 atom stereocenters. The van der Waals surface area contributed by atoms with Crippen LogP contribution in [0.2, 0.25) is 0 Å². The molecular weight excluding hydrogens is 370 g/mol. The minimum Gasteiger partial charge on any atom is -0.468 e. The predicted octanol–water partition coefficient (Wildman–Crippen LogP) is 3.64. The fraction of sp³-hybridized carbons (Fsp3) is 0.273. The van der Waals surface area contributed by atoms with E-state index < -0.39 is 0 Å². The molecule has 1 aliphatic rings. The van der Waals surface area contributed by atoms with E-state index in [0.717, 1.165) is 23.6 Å². The lowest BCUT2D eigenvalue weighted by Crippen LogP contribution is -2.33. The van der Waals surface area contributed by atoms with Gasteiger partial charge in [-0.25, -0.2) is 0 Å². The highest BCUT2D eigenvalue weighted by Gasteiger charge is 2.24. The number of nitrogens with zero attached hydrogens (tertiary/aromatic N) is 2. The molecule has 0 radical (unpaired) electrons. The van der Waals surface area contributed by atoms with Gasteiger partial charge in [0.05, 0.1) is 43.5 Å². The lowest BCUT2D eigenvalue weighted by Gasteiger charge is -2.22. The second-order valence-corrected chi connectivity index (χ2v) is 7.02. The molecule has 2 amide bonds. The normalized spacial score (nSPS) is 14.0. The van der Waals surface area contributed by atoms with Crippen LogP contribution in [0, 0.1) is 0 Å². The molecule has 0 aliphatic carbocycles. The van der Waals surface area contributed by atoms with Gasteiger partial charge in [-0.2, -0.15) is 0 Å². The van der Waals surface area contributed by atoms with E-state index in [0.29, 0.717) is 31.7 Å². The summed E-state index contributed by atoms with van der Waals surface area (Å²) in [6.45, 7) is 1.79. The van der Waals surface area contributed by atoms with Crippen LogP contribution in [-0.4, -0.2) is 29.8 Å². The van der Waals surface area contributed by atoms with Crippen molar-refractivity contribution in [3.8, 4) is 0 Å². The number of hydrogen-bond donors (Lipinski definition) is 1. The molecule has 0 spiro atoms. The fourth-order valence-corrected chi connectivity index (χ4v) is 3.52. The Labute approximate surface area is 168 Å². The van der Waals surface area contributed by atoms with Crippen molar-refractivity contribution in [2.45, 2.75) is 25.9 Å². The summed E-state index contributed by atoms with van der Waals surface area (Å²) >= 11 is 0. The molecule has 7 heteroatoms. The maximum absolute atomic E-state index is 12.8. The number of anilines is 2. The number of nitrogens with one attached hydrogen (secondary N) is 1. The van der Waals surface area contributed by atoms with Gasteiger partial charge in [-0.1, -0.05) is 12.1 Å². The van der Waals surface area contributed by atoms with Gasteiger partial charge in [0.15, 0.2) is 0 Å². The van der Waals surface area contributed by atoms with Crippen molar-refractivity contribution in [3.05, 3.63) is 72.6 Å². The van der Waals surface area contributed by atoms with E-state index in [1.54, 1.807) is 17.4 Å². The second kappa shape index (κ2) is 8.79. The van der Waals surface area contributed by atoms with Crippen LogP contribution in [0.25, 0.3) is 0 Å². The first-order valence-electron chi connectivity index (χ1n) is 9.65. The summed E-state index contributed by atoms with van der Waals surface area (Å²) in [5.41, 5.74) is 1.38. The first-order valence-corrected chi connectivity index (χ1v) is 9.65. The van der Waals surface area contributed by atoms with E-state index >= 15 is 0 Å². The fourth-order valence-electron chi connectivity index (χ4n) is 3.52. The summed E-state index contributed by atoms with van der Waals surface area (Å²) in [6, 6.07) is 14.8. The summed E-state index contributed by atoms with van der Waals surface area (Å²) < 4.78 is 10.9. The molecule has 1 aliphatic heterocycles. The SMILES string of the molecule is O=C(CN(Cc1ccco1)Cc1ccco1)Nc1ccccc1N1CCCC1=O. The Balaban J connectivity index is 1.46. The molecule has 0 bridgehead atoms. The first kappa shape index (κ1) is 19.0. The Bertz CT molecular complexity index is 914. The number of furan rings is 2. The average molecular weight is 393 g/mol. The molecular formula is C22H23N3O4. The molecule has 4 rings (SSSR count). The summed E-state index contributed by atoms with van der Waals surface area (Å²) in [7, 11) is 0. The largest absolute Gasteiger partial charge is 0.468 e. The zero-order valence-electron chi connectivity index (χ0n) is 16.0. The number of amides is 2. The third-order valence-corrected chi connectivity index (χ3v) is 4.83. The van der Waals surface area contributed by atoms with Gasteiger partial charge in [-0.15, -0.1) is 0 Å². The summed E-state index contributed by atoms with van der Waals surface area (Å²) in [5.74, 6) is 1.46. The van der Waals surface area contributed by atoms with Crippen LogP contribution < -0.4 is 10.2 Å². The Morgan fingerprint density at radius 3 is 2.28 bits per heavy atom. The molecule has 1 aromatic carbocycles. The number of rotatable bonds is 8. The van der Waals surface area contributed by atoms with Gasteiger partial charge in [0.25, 0.3) is 0 Å². The smallest absolute Gasteiger partial charge is 0.238 e. The standard InChI is InChI=1S/C22H23N3O4/c26-21(23-19-8-1-2-9-20(19)25-11-3-10-22(25)27)16-24(14-17-6-4-12-28-17)15-18-7-5-13-29-18/h1-2,4-9,12-13H,3,10-11,14-16H2,(H,23,26). The minimum atomic E-state index is -0.165. The van der Waals surface area contributed by atoms with Crippen molar-refractivity contribution >= 4 is 23.2 Å². The Morgan fingerprint density at radius 1 is 1.00 bits per heavy atom. The number of hydrogen-bond acceptors (Lipinski definition) is 5. The quantitative estimate of drug-likeness (QED) is 0.632. The van der Waals surface area contributed by atoms with Crippen LogP contribution in [-0.2, 0) is 22.7 Å². The number of carbonyl (C=O) groups is 2. The van der Waals surface area contributed by atoms with Crippen molar-refractivity contribution in [3.63, 3.8) is 0 Å². The summed E-state index contributed by atoms with van der Waals surface area (Å²) in [5, 5.41) is 2.96. The highest BCUT2D eigenvalue weighted by atomic mass is 16.3. The van der Waals surface area contributed by atoms with E-state index in [2.05, 4.69) is 5.32 Å². The zero-order chi connectivity index (χ0) is 20.1. The van der Waals surface area contributed by atoms with E-state index in [-0.39, 0.29) is 18.4 Å². The molecule has 1 N–H and O–H groups in total. The van der Waals surface area contributed by atoms with E-state index in [4.69, 9.17) is 8.83 Å². The van der Waals surface area contributed by atoms with Crippen molar-refractivity contribution in [2.24, 2.45) is 0 Å². The molecule has 3 heterocycles. The van der Waals surface area contributed by atoms with E-state index in [1.165, 1.54) is 0 Å². The van der Waals surface area contributed by atoms with Gasteiger partial charge < -0.3 is 19.1 Å². The van der Waals surface area contributed by atoms with Gasteiger partial charge in [0.1, 0.15) is 11.5 Å². The van der Waals surface area contributed by atoms with Crippen molar-refractivity contribution < 1.29 is 18.4 Å². The molecule has 1 fully saturated rings. The highest BCUT2D eigenvalue weighted by Crippen LogP contribution is 2.29. The molecule has 0 unspecified atom stereocenters. The van der Waals surface area contributed by atoms with Crippen molar-refractivity contribution in [1.29, 1.82) is 0 Å². The molecule has 3 aromatic rings. The Hall–Kier alpha value is -3.32. The molecule has 7 nitrogen and oxygen atoms in total. The molecule has 1 saturated heterocycles. The van der Waals surface area contributed by atoms with E-state index in [1.807, 2.05) is 53.4 Å². The second-order valence-electron chi connectivity index (χ2n) is 7.02. The van der Waals surface area contributed by atoms with Crippen LogP contribution >= 0.6 is 0 Å². The third-order valence-electron chi connectivity index (χ3n) is 4.83. The maximum Gasteiger partial charge on any atom is 0.238 e. The van der Waals surface area contributed by atoms with Crippen molar-refractivity contribution in [1.82, 2.24) is 4.90 Å². The average Bonchev–Trinajstić information content (AvgIpc) is 3.46. The number of para-hydroxylation sites is 2. The van der Waals surface area contributed by atoms with Crippen LogP contribution in [0.5, 0.6) is 0 Å². The van der Waals surface area contributed by atoms with Crippen LogP contribution in [0.1, 0.15) is 24.4 Å². The molecule has 29 heavy (non-hydrogen) atoms. The topological polar surface area (TPSA) is 78.9 Å². The summed E-state index contributed by atoms with van der Waals surface area (Å²) in [6.07, 6.45) is 4.61. The van der Waals surface area contributed by atoms with Crippen molar-refractivity contribution in [2.75, 3.05) is 23.3 Å². The maximum atomic E-state index is 12.8. The monoisotopic (exact) mass is 393 g/mol. The third kappa shape index (κ3) is 4.75. The van der Waals surface area contributed by atoms with Gasteiger partial charge in [-0.05, 0) is 42.8 Å². The lowest BCUT2D eigenvalue weighted by molar-refractivity contribution is -0.118. The zero-order valence-corrected chi connectivity index (χ0v) is 16.0. The minimum absolute atomic E-state index is 0.0870. The predicted molar refractivity (Wildman–Crippen MR) is 108 cm³/mol. The van der Waals surface area contributed by atoms with E-state index in [9.17, 15) is 9.59 Å². The molecule has 2 aromatic heterocycles. The van der Waals surface area contributed by atoms with Crippen LogP contribution in [0.3, 0.4) is 0 Å². The van der Waals surface area contributed by atoms with Gasteiger partial charge in [0.2, 0.25) is 11.8 Å². The first-order chi connectivity index (χ1) is 14.2. The Morgan fingerprint density at radius 2 is 1.69 bits per heavy atom. The van der Waals surface area contributed by atoms with Gasteiger partial charge >= 0.3 is 0 Å². The van der Waals surface area contributed by atoms with Crippen LogP contribution in [0.4, 0.5) is 11.4 Å². The molecule has 150 valence electrons. The number of benzene rings is 1. The Kier molecular flexibility index (Phi) is 5.76. The van der Waals surface area contributed by atoms with Gasteiger partial charge in [-0.3, -0.25) is 14.5 Å². The highest BCUT2D eigenvalue weighted by molar-refractivity contribution is 6.02.